The van der Waals surface area contributed by atoms with E-state index in [0.29, 0.717) is 11.6 Å². The molecule has 1 aromatic carbocycles. The Morgan fingerprint density at radius 1 is 1.21 bits per heavy atom. The molecule has 29 heavy (non-hydrogen) atoms. The Morgan fingerprint density at radius 2 is 2.10 bits per heavy atom. The van der Waals surface area contributed by atoms with E-state index >= 15 is 0 Å². The summed E-state index contributed by atoms with van der Waals surface area (Å²) in [5.74, 6) is 0.696. The quantitative estimate of drug-likeness (QED) is 0.537. The van der Waals surface area contributed by atoms with E-state index < -0.39 is 0 Å². The van der Waals surface area contributed by atoms with Crippen molar-refractivity contribution >= 4 is 16.7 Å². The number of pyridine rings is 2. The van der Waals surface area contributed by atoms with Crippen LogP contribution in [0.3, 0.4) is 0 Å². The number of nitrogens with zero attached hydrogens (tertiary/aromatic N) is 3. The molecule has 0 saturated carbocycles. The lowest BCUT2D eigenvalue weighted by molar-refractivity contribution is 0.0934. The number of aromatic nitrogens is 3. The van der Waals surface area contributed by atoms with Crippen LogP contribution < -0.4 is 10.1 Å². The van der Waals surface area contributed by atoms with Crippen LogP contribution in [0.4, 0.5) is 0 Å². The van der Waals surface area contributed by atoms with Crippen LogP contribution in [0.25, 0.3) is 10.8 Å². The van der Waals surface area contributed by atoms with Crippen molar-refractivity contribution < 1.29 is 13.9 Å². The predicted octanol–water partition coefficient (Wildman–Crippen LogP) is 4.00. The standard InChI is InChI=1S/C22H20N4O3/c1-14-6-7-18(24-10-14)15(2)25-22(27)19-12-29-21(26-19)13-28-20-5-3-4-16-11-23-9-8-17(16)20/h3-12,15H,13H2,1-2H3,(H,25,27)/t15-/m1/s1. The number of ether oxygens (including phenoxy) is 1. The first-order valence-corrected chi connectivity index (χ1v) is 9.23. The molecule has 146 valence electrons. The van der Waals surface area contributed by atoms with E-state index in [4.69, 9.17) is 9.15 Å². The van der Waals surface area contributed by atoms with Gasteiger partial charge in [0.25, 0.3) is 5.91 Å². The monoisotopic (exact) mass is 388 g/mol. The molecule has 7 nitrogen and oxygen atoms in total. The van der Waals surface area contributed by atoms with E-state index in [-0.39, 0.29) is 24.2 Å². The van der Waals surface area contributed by atoms with Gasteiger partial charge >= 0.3 is 0 Å². The zero-order valence-electron chi connectivity index (χ0n) is 16.1. The molecule has 0 radical (unpaired) electrons. The maximum absolute atomic E-state index is 12.4. The van der Waals surface area contributed by atoms with E-state index in [1.165, 1.54) is 6.26 Å². The summed E-state index contributed by atoms with van der Waals surface area (Å²) in [7, 11) is 0. The molecule has 0 aliphatic heterocycles. The van der Waals surface area contributed by atoms with Gasteiger partial charge in [0.15, 0.2) is 12.3 Å². The summed E-state index contributed by atoms with van der Waals surface area (Å²) in [6, 6.07) is 11.2. The summed E-state index contributed by atoms with van der Waals surface area (Å²) in [5, 5.41) is 4.80. The zero-order valence-corrected chi connectivity index (χ0v) is 16.1. The minimum atomic E-state index is -0.328. The molecule has 4 aromatic rings. The predicted molar refractivity (Wildman–Crippen MR) is 107 cm³/mol. The van der Waals surface area contributed by atoms with E-state index in [2.05, 4.69) is 20.3 Å². The molecule has 0 saturated heterocycles. The molecule has 0 spiro atoms. The number of aryl methyl sites for hydroxylation is 1. The van der Waals surface area contributed by atoms with Crippen LogP contribution in [0.15, 0.2) is 65.7 Å². The molecule has 0 bridgehead atoms. The first-order chi connectivity index (χ1) is 14.1. The third-order valence-corrected chi connectivity index (χ3v) is 4.50. The van der Waals surface area contributed by atoms with Crippen LogP contribution >= 0.6 is 0 Å². The van der Waals surface area contributed by atoms with Gasteiger partial charge in [-0.1, -0.05) is 18.2 Å². The number of hydrogen-bond donors (Lipinski definition) is 1. The Bertz CT molecular complexity index is 1130. The summed E-state index contributed by atoms with van der Waals surface area (Å²) in [6.07, 6.45) is 6.59. The van der Waals surface area contributed by atoms with Gasteiger partial charge in [0.05, 0.1) is 11.7 Å². The number of hydrogen-bond acceptors (Lipinski definition) is 6. The lowest BCUT2D eigenvalue weighted by atomic mass is 10.1. The highest BCUT2D eigenvalue weighted by atomic mass is 16.5. The number of carbonyl (C=O) groups is 1. The molecule has 0 unspecified atom stereocenters. The smallest absolute Gasteiger partial charge is 0.273 e. The van der Waals surface area contributed by atoms with Gasteiger partial charge in [-0.15, -0.1) is 0 Å². The second-order valence-corrected chi connectivity index (χ2v) is 6.72. The van der Waals surface area contributed by atoms with Gasteiger partial charge in [0.1, 0.15) is 12.0 Å². The van der Waals surface area contributed by atoms with Crippen LogP contribution in [0.1, 0.15) is 40.6 Å². The van der Waals surface area contributed by atoms with Gasteiger partial charge in [-0.3, -0.25) is 14.8 Å². The van der Waals surface area contributed by atoms with Crippen molar-refractivity contribution in [1.82, 2.24) is 20.3 Å². The highest BCUT2D eigenvalue weighted by Gasteiger charge is 2.16. The Hall–Kier alpha value is -3.74. The minimum Gasteiger partial charge on any atom is -0.483 e. The molecular formula is C22H20N4O3. The molecule has 3 heterocycles. The number of carbonyl (C=O) groups excluding carboxylic acids is 1. The van der Waals surface area contributed by atoms with Gasteiger partial charge in [0, 0.05) is 29.4 Å². The minimum absolute atomic E-state index is 0.115. The van der Waals surface area contributed by atoms with Gasteiger partial charge < -0.3 is 14.5 Å². The highest BCUT2D eigenvalue weighted by Crippen LogP contribution is 2.25. The first kappa shape index (κ1) is 18.6. The van der Waals surface area contributed by atoms with Crippen molar-refractivity contribution in [3.63, 3.8) is 0 Å². The van der Waals surface area contributed by atoms with Crippen molar-refractivity contribution in [2.45, 2.75) is 26.5 Å². The van der Waals surface area contributed by atoms with Gasteiger partial charge in [-0.2, -0.15) is 0 Å². The number of rotatable bonds is 6. The van der Waals surface area contributed by atoms with Crippen LogP contribution in [0, 0.1) is 6.92 Å². The normalized spacial score (nSPS) is 11.9. The third kappa shape index (κ3) is 4.24. The zero-order chi connectivity index (χ0) is 20.2. The lowest BCUT2D eigenvalue weighted by Gasteiger charge is -2.12. The first-order valence-electron chi connectivity index (χ1n) is 9.23. The summed E-state index contributed by atoms with van der Waals surface area (Å²) in [4.78, 5) is 25.1. The fraction of sp³-hybridized carbons (Fsp3) is 0.182. The van der Waals surface area contributed by atoms with Crippen molar-refractivity contribution in [2.75, 3.05) is 0 Å². The van der Waals surface area contributed by atoms with Gasteiger partial charge in [-0.05, 0) is 37.6 Å². The maximum atomic E-state index is 12.4. The number of nitrogens with one attached hydrogen (secondary N) is 1. The molecule has 0 aliphatic rings. The Morgan fingerprint density at radius 3 is 2.93 bits per heavy atom. The maximum Gasteiger partial charge on any atom is 0.273 e. The topological polar surface area (TPSA) is 90.1 Å². The molecule has 7 heteroatoms. The lowest BCUT2D eigenvalue weighted by Crippen LogP contribution is -2.27. The van der Waals surface area contributed by atoms with Gasteiger partial charge in [0.2, 0.25) is 5.89 Å². The van der Waals surface area contributed by atoms with Gasteiger partial charge in [-0.25, -0.2) is 4.98 Å². The molecule has 1 N–H and O–H groups in total. The second kappa shape index (κ2) is 8.10. The van der Waals surface area contributed by atoms with Crippen LogP contribution in [0.2, 0.25) is 0 Å². The Balaban J connectivity index is 1.40. The van der Waals surface area contributed by atoms with Crippen LogP contribution in [-0.4, -0.2) is 20.9 Å². The van der Waals surface area contributed by atoms with Crippen molar-refractivity contribution in [1.29, 1.82) is 0 Å². The Labute approximate surface area is 167 Å². The molecule has 0 aliphatic carbocycles. The third-order valence-electron chi connectivity index (χ3n) is 4.50. The fourth-order valence-electron chi connectivity index (χ4n) is 2.92. The van der Waals surface area contributed by atoms with Crippen LogP contribution in [-0.2, 0) is 6.61 Å². The van der Waals surface area contributed by atoms with Crippen molar-refractivity contribution in [3.05, 3.63) is 84.1 Å². The number of benzene rings is 1. The second-order valence-electron chi connectivity index (χ2n) is 6.72. The summed E-state index contributed by atoms with van der Waals surface area (Å²) >= 11 is 0. The van der Waals surface area contributed by atoms with E-state index in [9.17, 15) is 4.79 Å². The number of oxazole rings is 1. The molecule has 4 rings (SSSR count). The van der Waals surface area contributed by atoms with E-state index in [1.807, 2.05) is 50.2 Å². The van der Waals surface area contributed by atoms with Crippen molar-refractivity contribution in [3.8, 4) is 5.75 Å². The summed E-state index contributed by atoms with van der Waals surface area (Å²) in [6.45, 7) is 3.95. The van der Waals surface area contributed by atoms with E-state index in [1.54, 1.807) is 18.6 Å². The molecule has 1 amide bonds. The highest BCUT2D eigenvalue weighted by molar-refractivity contribution is 5.92. The summed E-state index contributed by atoms with van der Waals surface area (Å²) < 4.78 is 11.2. The average Bonchev–Trinajstić information content (AvgIpc) is 3.22. The van der Waals surface area contributed by atoms with Crippen LogP contribution in [0.5, 0.6) is 5.75 Å². The molecular weight excluding hydrogens is 368 g/mol. The number of fused-ring (bicyclic) bond motifs is 1. The Kier molecular flexibility index (Phi) is 5.20. The summed E-state index contributed by atoms with van der Waals surface area (Å²) in [5.41, 5.74) is 2.04. The molecule has 1 atom stereocenters. The molecule has 3 aromatic heterocycles. The van der Waals surface area contributed by atoms with Crippen molar-refractivity contribution in [2.24, 2.45) is 0 Å². The number of amides is 1. The largest absolute Gasteiger partial charge is 0.483 e. The average molecular weight is 388 g/mol. The van der Waals surface area contributed by atoms with E-state index in [0.717, 1.165) is 22.0 Å². The SMILES string of the molecule is Cc1ccc([C@@H](C)NC(=O)c2coc(COc3cccc4cnccc34)n2)nc1. The fourth-order valence-corrected chi connectivity index (χ4v) is 2.92. The molecule has 0 fully saturated rings.